The lowest BCUT2D eigenvalue weighted by molar-refractivity contribution is -0.0546. The van der Waals surface area contributed by atoms with E-state index in [1.807, 2.05) is 0 Å². The van der Waals surface area contributed by atoms with Gasteiger partial charge >= 0.3 is 5.69 Å². The van der Waals surface area contributed by atoms with Crippen LogP contribution in [0.5, 0.6) is 0 Å². The first-order chi connectivity index (χ1) is 10.2. The second-order valence-corrected chi connectivity index (χ2v) is 8.73. The Morgan fingerprint density at radius 2 is 2.36 bits per heavy atom. The van der Waals surface area contributed by atoms with Gasteiger partial charge in [-0.15, -0.1) is 0 Å². The monoisotopic (exact) mass is 353 g/mol. The molecule has 0 aliphatic carbocycles. The number of aromatic nitrogens is 2. The summed E-state index contributed by atoms with van der Waals surface area (Å²) in [5, 5.41) is 0. The second-order valence-electron chi connectivity index (χ2n) is 4.88. The van der Waals surface area contributed by atoms with Crippen molar-refractivity contribution in [2.45, 2.75) is 24.6 Å². The molecular weight excluding hydrogens is 336 g/mol. The number of methoxy groups -OCH3 is 1. The maximum absolute atomic E-state index is 14.7. The van der Waals surface area contributed by atoms with Crippen LogP contribution >= 0.6 is 6.49 Å². The summed E-state index contributed by atoms with van der Waals surface area (Å²) in [5.41, 5.74) is 4.65. The number of nitrogen functional groups attached to an aromatic ring is 1. The summed E-state index contributed by atoms with van der Waals surface area (Å²) in [4.78, 5) is 25.0. The van der Waals surface area contributed by atoms with Gasteiger partial charge in [0.15, 0.2) is 18.9 Å². The van der Waals surface area contributed by atoms with Gasteiger partial charge in [-0.25, -0.2) is 9.18 Å². The van der Waals surface area contributed by atoms with E-state index in [9.17, 15) is 14.1 Å². The molecule has 5 atom stereocenters. The molecule has 1 aliphatic rings. The molecule has 0 spiro atoms. The zero-order valence-corrected chi connectivity index (χ0v) is 13.7. The van der Waals surface area contributed by atoms with Crippen molar-refractivity contribution in [2.75, 3.05) is 26.1 Å². The number of alkyl halides is 1. The number of rotatable bonds is 5. The molecule has 0 aromatic carbocycles. The van der Waals surface area contributed by atoms with Gasteiger partial charge in [-0.1, -0.05) is 0 Å². The standard InChI is InChI=1S/C11H17FN3O5PS/c1-18-5-6-9(20-21(2,17)22)8(12)10(19-6)15-4-3-7(13)14-11(15)16/h3-4,6,8-10H,5H2,1-2H3,(H,17,22)(H2,13,14,16)/t6-,8+,9?,10-,21?/m1/s1. The van der Waals surface area contributed by atoms with Crippen LogP contribution in [0.1, 0.15) is 6.23 Å². The van der Waals surface area contributed by atoms with Gasteiger partial charge in [-0.2, -0.15) is 4.98 Å². The first-order valence-electron chi connectivity index (χ1n) is 6.34. The van der Waals surface area contributed by atoms with Crippen LogP contribution < -0.4 is 11.4 Å². The molecule has 2 unspecified atom stereocenters. The molecule has 124 valence electrons. The van der Waals surface area contributed by atoms with Crippen molar-refractivity contribution >= 4 is 24.1 Å². The molecule has 0 bridgehead atoms. The number of nitrogens with zero attached hydrogens (tertiary/aromatic N) is 2. The average molecular weight is 353 g/mol. The minimum atomic E-state index is -3.12. The van der Waals surface area contributed by atoms with E-state index in [1.54, 1.807) is 0 Å². The number of ether oxygens (including phenoxy) is 2. The van der Waals surface area contributed by atoms with Crippen LogP contribution in [0.15, 0.2) is 17.1 Å². The van der Waals surface area contributed by atoms with E-state index in [2.05, 4.69) is 4.98 Å². The molecule has 1 saturated heterocycles. The van der Waals surface area contributed by atoms with Crippen LogP contribution in [-0.4, -0.2) is 53.2 Å². The first-order valence-corrected chi connectivity index (χ1v) is 9.47. The summed E-state index contributed by atoms with van der Waals surface area (Å²) >= 11 is 4.79. The Labute approximate surface area is 131 Å². The minimum Gasteiger partial charge on any atom is -0.383 e. The molecule has 3 N–H and O–H groups in total. The molecule has 0 amide bonds. The highest BCUT2D eigenvalue weighted by Crippen LogP contribution is 2.45. The summed E-state index contributed by atoms with van der Waals surface area (Å²) in [7, 11) is 1.42. The topological polar surface area (TPSA) is 109 Å². The molecule has 1 aliphatic heterocycles. The Kier molecular flexibility index (Phi) is 5.31. The number of hydrogen-bond donors (Lipinski definition) is 2. The molecule has 1 aromatic heterocycles. The van der Waals surface area contributed by atoms with E-state index in [1.165, 1.54) is 26.0 Å². The maximum Gasteiger partial charge on any atom is 0.351 e. The molecule has 1 aromatic rings. The minimum absolute atomic E-state index is 0.0219. The highest BCUT2D eigenvalue weighted by Gasteiger charge is 2.48. The van der Waals surface area contributed by atoms with Crippen molar-refractivity contribution in [3.05, 3.63) is 22.7 Å². The largest absolute Gasteiger partial charge is 0.383 e. The van der Waals surface area contributed by atoms with Crippen molar-refractivity contribution in [3.8, 4) is 0 Å². The quantitative estimate of drug-likeness (QED) is 0.714. The Morgan fingerprint density at radius 1 is 1.68 bits per heavy atom. The van der Waals surface area contributed by atoms with Crippen LogP contribution in [0, 0.1) is 0 Å². The zero-order chi connectivity index (χ0) is 16.5. The van der Waals surface area contributed by atoms with E-state index in [0.717, 1.165) is 4.57 Å². The fourth-order valence-corrected chi connectivity index (χ4v) is 3.19. The molecule has 22 heavy (non-hydrogen) atoms. The van der Waals surface area contributed by atoms with E-state index in [4.69, 9.17) is 31.5 Å². The van der Waals surface area contributed by atoms with E-state index < -0.39 is 36.8 Å². The van der Waals surface area contributed by atoms with Crippen LogP contribution in [0.2, 0.25) is 0 Å². The normalized spacial score (nSPS) is 31.1. The number of halogens is 1. The van der Waals surface area contributed by atoms with E-state index in [-0.39, 0.29) is 12.4 Å². The highest BCUT2D eigenvalue weighted by atomic mass is 32.5. The molecule has 2 heterocycles. The van der Waals surface area contributed by atoms with Gasteiger partial charge in [0, 0.05) is 20.0 Å². The van der Waals surface area contributed by atoms with E-state index in [0.29, 0.717) is 0 Å². The number of anilines is 1. The predicted molar refractivity (Wildman–Crippen MR) is 80.9 cm³/mol. The van der Waals surface area contributed by atoms with Gasteiger partial charge in [0.1, 0.15) is 18.0 Å². The van der Waals surface area contributed by atoms with Gasteiger partial charge < -0.3 is 24.6 Å². The third-order valence-electron chi connectivity index (χ3n) is 3.04. The summed E-state index contributed by atoms with van der Waals surface area (Å²) < 4.78 is 31.3. The fourth-order valence-electron chi connectivity index (χ4n) is 2.19. The van der Waals surface area contributed by atoms with Crippen LogP contribution in [0.3, 0.4) is 0 Å². The van der Waals surface area contributed by atoms with Crippen molar-refractivity contribution in [1.82, 2.24) is 9.55 Å². The molecule has 0 saturated carbocycles. The van der Waals surface area contributed by atoms with Crippen molar-refractivity contribution in [2.24, 2.45) is 0 Å². The molecule has 1 fully saturated rings. The van der Waals surface area contributed by atoms with Gasteiger partial charge in [0.25, 0.3) is 0 Å². The number of nitrogens with two attached hydrogens (primary N) is 1. The van der Waals surface area contributed by atoms with E-state index >= 15 is 0 Å². The fraction of sp³-hybridized carbons (Fsp3) is 0.636. The molecule has 8 nitrogen and oxygen atoms in total. The van der Waals surface area contributed by atoms with Gasteiger partial charge in [-0.05, 0) is 17.9 Å². The van der Waals surface area contributed by atoms with Crippen molar-refractivity contribution in [1.29, 1.82) is 0 Å². The van der Waals surface area contributed by atoms with Crippen LogP contribution in [0.25, 0.3) is 0 Å². The highest BCUT2D eigenvalue weighted by molar-refractivity contribution is 8.09. The molecule has 11 heteroatoms. The first kappa shape index (κ1) is 17.5. The third-order valence-corrected chi connectivity index (χ3v) is 3.93. The summed E-state index contributed by atoms with van der Waals surface area (Å²) in [6, 6.07) is 1.35. The SMILES string of the molecule is COC[C@H]1O[C@@H](n2ccc(N)nc2=O)[C@@H](F)C1OP(C)(O)=S. The van der Waals surface area contributed by atoms with Crippen molar-refractivity contribution < 1.29 is 23.3 Å². The maximum atomic E-state index is 14.7. The summed E-state index contributed by atoms with van der Waals surface area (Å²) in [6.45, 7) is -1.79. The lowest BCUT2D eigenvalue weighted by Gasteiger charge is -2.22. The average Bonchev–Trinajstić information content (AvgIpc) is 2.67. The lowest BCUT2D eigenvalue weighted by atomic mass is 10.1. The van der Waals surface area contributed by atoms with Gasteiger partial charge in [0.2, 0.25) is 0 Å². The van der Waals surface area contributed by atoms with Gasteiger partial charge in [0.05, 0.1) is 6.61 Å². The van der Waals surface area contributed by atoms with Gasteiger partial charge in [-0.3, -0.25) is 4.57 Å². The second kappa shape index (κ2) is 6.69. The number of hydrogen-bond acceptors (Lipinski definition) is 7. The molecular formula is C11H17FN3O5PS. The lowest BCUT2D eigenvalue weighted by Crippen LogP contribution is -2.35. The smallest absolute Gasteiger partial charge is 0.351 e. The third kappa shape index (κ3) is 3.89. The van der Waals surface area contributed by atoms with Crippen LogP contribution in [-0.2, 0) is 25.8 Å². The molecule has 2 rings (SSSR count). The Hall–Kier alpha value is -0.900. The Balaban J connectivity index is 2.30. The Morgan fingerprint density at radius 3 is 2.91 bits per heavy atom. The predicted octanol–water partition coefficient (Wildman–Crippen LogP) is 0.0242. The summed E-state index contributed by atoms with van der Waals surface area (Å²) in [5.74, 6) is 0.0234. The zero-order valence-electron chi connectivity index (χ0n) is 12.0. The molecule has 0 radical (unpaired) electrons. The van der Waals surface area contributed by atoms with Crippen LogP contribution in [0.4, 0.5) is 10.2 Å². The Bertz CT molecular complexity index is 638. The van der Waals surface area contributed by atoms with Crippen molar-refractivity contribution in [3.63, 3.8) is 0 Å². The summed E-state index contributed by atoms with van der Waals surface area (Å²) in [6.07, 6.45) is -3.65.